The van der Waals surface area contributed by atoms with E-state index in [1.54, 1.807) is 14.2 Å². The third-order valence-corrected chi connectivity index (χ3v) is 36.1. The van der Waals surface area contributed by atoms with Crippen molar-refractivity contribution < 1.29 is 35.8 Å². The van der Waals surface area contributed by atoms with E-state index in [4.69, 9.17) is 18.9 Å². The zero-order valence-electron chi connectivity index (χ0n) is 32.8. The fraction of sp³-hybridized carbons (Fsp3) is 1.00. The SMILES string of the molecule is CCCCCCCC[P](CCCCCCCC)[Ti]([P](CCCCCCCC)CCCCCCCC)[C](OC)(OC)C(C)(OC)OC. The molecule has 0 aromatic rings. The predicted molar refractivity (Wildman–Crippen MR) is 206 cm³/mol. The summed E-state index contributed by atoms with van der Waals surface area (Å²) in [5, 5.41) is 0. The first kappa shape index (κ1) is 47.4. The van der Waals surface area contributed by atoms with E-state index in [2.05, 4.69) is 34.6 Å². The van der Waals surface area contributed by atoms with E-state index in [0.717, 1.165) is 0 Å². The van der Waals surface area contributed by atoms with E-state index in [-0.39, 0.29) is 11.8 Å². The Morgan fingerprint density at radius 2 is 0.609 bits per heavy atom. The van der Waals surface area contributed by atoms with Gasteiger partial charge in [-0.05, 0) is 0 Å². The summed E-state index contributed by atoms with van der Waals surface area (Å²) < 4.78 is 25.3. The number of unbranched alkanes of at least 4 members (excludes halogenated alkanes) is 20. The molecular formula is C39H83O4P2Ti. The topological polar surface area (TPSA) is 36.9 Å². The third-order valence-electron chi connectivity index (χ3n) is 9.97. The molecule has 0 fully saturated rings. The molecule has 0 unspecified atom stereocenters. The Hall–Kier alpha value is 1.41. The summed E-state index contributed by atoms with van der Waals surface area (Å²) in [6.07, 6.45) is 38.5. The van der Waals surface area contributed by atoms with Gasteiger partial charge in [-0.25, -0.2) is 0 Å². The Labute approximate surface area is 297 Å². The maximum atomic E-state index is 6.73. The molecule has 0 aliphatic carbocycles. The van der Waals surface area contributed by atoms with Crippen molar-refractivity contribution in [3.05, 3.63) is 0 Å². The van der Waals surface area contributed by atoms with Crippen molar-refractivity contribution in [3.8, 4) is 0 Å². The molecule has 0 rings (SSSR count). The van der Waals surface area contributed by atoms with Crippen LogP contribution in [0.4, 0.5) is 0 Å². The van der Waals surface area contributed by atoms with Crippen molar-refractivity contribution in [2.45, 2.75) is 199 Å². The Kier molecular flexibility index (Phi) is 33.3. The number of ether oxygens (including phenoxy) is 4. The molecule has 0 aromatic heterocycles. The van der Waals surface area contributed by atoms with Crippen LogP contribution in [0.25, 0.3) is 0 Å². The summed E-state index contributed by atoms with van der Waals surface area (Å²) >= 11 is -2.11. The number of hydrogen-bond donors (Lipinski definition) is 0. The van der Waals surface area contributed by atoms with Gasteiger partial charge >= 0.3 is 299 Å². The molecule has 4 nitrogen and oxygen atoms in total. The molecule has 0 radical (unpaired) electrons. The van der Waals surface area contributed by atoms with Crippen molar-refractivity contribution in [1.29, 1.82) is 0 Å². The van der Waals surface area contributed by atoms with E-state index in [9.17, 15) is 0 Å². The predicted octanol–water partition coefficient (Wildman–Crippen LogP) is 13.8. The van der Waals surface area contributed by atoms with Gasteiger partial charge in [-0.15, -0.1) is 0 Å². The Bertz CT molecular complexity index is 565. The van der Waals surface area contributed by atoms with E-state index in [1.807, 2.05) is 14.2 Å². The molecule has 277 valence electrons. The molecule has 0 heterocycles. The van der Waals surface area contributed by atoms with Crippen LogP contribution in [-0.4, -0.2) is 63.0 Å². The Morgan fingerprint density at radius 1 is 0.370 bits per heavy atom. The van der Waals surface area contributed by atoms with Gasteiger partial charge < -0.3 is 0 Å². The van der Waals surface area contributed by atoms with Crippen LogP contribution in [0.15, 0.2) is 0 Å². The van der Waals surface area contributed by atoms with Crippen molar-refractivity contribution in [3.63, 3.8) is 0 Å². The molecule has 46 heavy (non-hydrogen) atoms. The summed E-state index contributed by atoms with van der Waals surface area (Å²) in [7, 11) is 7.41. The van der Waals surface area contributed by atoms with Crippen LogP contribution in [0.2, 0.25) is 0 Å². The molecule has 0 bridgehead atoms. The second kappa shape index (κ2) is 32.3. The van der Waals surface area contributed by atoms with Crippen molar-refractivity contribution in [2.24, 2.45) is 0 Å². The van der Waals surface area contributed by atoms with Gasteiger partial charge in [0.25, 0.3) is 0 Å². The Morgan fingerprint density at radius 3 is 0.826 bits per heavy atom. The van der Waals surface area contributed by atoms with Crippen LogP contribution >= 0.6 is 11.8 Å². The molecule has 0 saturated carbocycles. The molecule has 0 atom stereocenters. The average Bonchev–Trinajstić information content (AvgIpc) is 3.08. The first-order chi connectivity index (χ1) is 22.4. The average molecular weight is 726 g/mol. The number of methoxy groups -OCH3 is 4. The second-order valence-corrected chi connectivity index (χ2v) is 30.8. The quantitative estimate of drug-likeness (QED) is 0.0279. The Balaban J connectivity index is 6.49. The fourth-order valence-electron chi connectivity index (χ4n) is 6.79. The minimum atomic E-state index is -2.11. The molecule has 0 N–H and O–H groups in total. The zero-order chi connectivity index (χ0) is 34.4. The normalized spacial score (nSPS) is 12.6. The van der Waals surface area contributed by atoms with Crippen molar-refractivity contribution in [1.82, 2.24) is 0 Å². The van der Waals surface area contributed by atoms with Gasteiger partial charge in [-0.2, -0.15) is 0 Å². The van der Waals surface area contributed by atoms with Crippen molar-refractivity contribution in [2.75, 3.05) is 53.1 Å². The number of rotatable bonds is 36. The van der Waals surface area contributed by atoms with Gasteiger partial charge in [0.15, 0.2) is 0 Å². The van der Waals surface area contributed by atoms with Gasteiger partial charge in [-0.3, -0.25) is 0 Å². The molecule has 7 heteroatoms. The second-order valence-electron chi connectivity index (χ2n) is 13.7. The van der Waals surface area contributed by atoms with Crippen LogP contribution < -0.4 is 0 Å². The van der Waals surface area contributed by atoms with Crippen LogP contribution in [0, 0.1) is 0 Å². The van der Waals surface area contributed by atoms with Gasteiger partial charge in [0.2, 0.25) is 0 Å². The van der Waals surface area contributed by atoms with Crippen molar-refractivity contribution >= 4 is 11.8 Å². The maximum absolute atomic E-state index is 6.73. The van der Waals surface area contributed by atoms with Crippen LogP contribution in [0.5, 0.6) is 0 Å². The number of hydrogen-bond acceptors (Lipinski definition) is 4. The van der Waals surface area contributed by atoms with Crippen LogP contribution in [-0.2, 0) is 35.8 Å². The van der Waals surface area contributed by atoms with E-state index < -0.39 is 26.7 Å². The van der Waals surface area contributed by atoms with E-state index >= 15 is 0 Å². The van der Waals surface area contributed by atoms with Gasteiger partial charge in [0.05, 0.1) is 0 Å². The summed E-state index contributed by atoms with van der Waals surface area (Å²) in [6, 6.07) is 0. The first-order valence-electron chi connectivity index (χ1n) is 20.0. The monoisotopic (exact) mass is 726 g/mol. The van der Waals surface area contributed by atoms with E-state index in [0.29, 0.717) is 0 Å². The summed E-state index contributed by atoms with van der Waals surface area (Å²) in [4.78, 5) is 0. The molecule has 0 amide bonds. The standard InChI is InChI=1S/2C16H34P.C7H15O4.Ti/c2*1-3-5-7-9-11-13-15-17-16-14-12-10-8-6-4-2;1-7(10-4,11-5)6(8-2)9-3;/h2*3-16H2,1-2H3;1-5H3;/q2*-1;;+2. The molecular weight excluding hydrogens is 642 g/mol. The van der Waals surface area contributed by atoms with Crippen LogP contribution in [0.3, 0.4) is 0 Å². The molecule has 0 spiro atoms. The van der Waals surface area contributed by atoms with E-state index in [1.165, 1.54) is 179 Å². The molecule has 0 aliphatic heterocycles. The third kappa shape index (κ3) is 19.1. The fourth-order valence-corrected chi connectivity index (χ4v) is 39.0. The summed E-state index contributed by atoms with van der Waals surface area (Å²) in [6.45, 7) is 11.4. The molecule has 0 aromatic carbocycles. The zero-order valence-corrected chi connectivity index (χ0v) is 36.2. The van der Waals surface area contributed by atoms with Gasteiger partial charge in [-0.1, -0.05) is 0 Å². The minimum absolute atomic E-state index is 0.163. The summed E-state index contributed by atoms with van der Waals surface area (Å²) in [5.41, 5.74) is 0. The van der Waals surface area contributed by atoms with Crippen LogP contribution in [0.1, 0.15) is 189 Å². The van der Waals surface area contributed by atoms with Gasteiger partial charge in [0, 0.05) is 0 Å². The van der Waals surface area contributed by atoms with Gasteiger partial charge in [0.1, 0.15) is 0 Å². The first-order valence-corrected chi connectivity index (χ1v) is 28.4. The molecule has 0 saturated heterocycles. The summed E-state index contributed by atoms with van der Waals surface area (Å²) in [5.74, 6) is -1.22. The molecule has 0 aliphatic rings.